The zero-order chi connectivity index (χ0) is 16.2. The first kappa shape index (κ1) is 15.1. The van der Waals surface area contributed by atoms with Crippen LogP contribution in [0.2, 0.25) is 0 Å². The number of aromatic nitrogens is 2. The summed E-state index contributed by atoms with van der Waals surface area (Å²) in [6.07, 6.45) is 1.83. The number of nitrogens with zero attached hydrogens (tertiary/aromatic N) is 2. The van der Waals surface area contributed by atoms with Crippen LogP contribution in [-0.2, 0) is 13.6 Å². The highest BCUT2D eigenvalue weighted by Crippen LogP contribution is 2.24. The van der Waals surface area contributed by atoms with Gasteiger partial charge in [0.25, 0.3) is 0 Å². The molecular formula is C18H18FN3O. The van der Waals surface area contributed by atoms with Crippen molar-refractivity contribution in [3.63, 3.8) is 0 Å². The molecule has 0 spiro atoms. The van der Waals surface area contributed by atoms with Crippen molar-refractivity contribution in [2.45, 2.75) is 6.54 Å². The molecule has 5 heteroatoms. The molecule has 0 amide bonds. The van der Waals surface area contributed by atoms with Crippen LogP contribution in [0.25, 0.3) is 11.3 Å². The van der Waals surface area contributed by atoms with Crippen LogP contribution in [0.15, 0.2) is 54.7 Å². The van der Waals surface area contributed by atoms with Crippen molar-refractivity contribution in [2.24, 2.45) is 7.05 Å². The van der Waals surface area contributed by atoms with E-state index in [9.17, 15) is 4.39 Å². The Labute approximate surface area is 134 Å². The molecule has 3 rings (SSSR count). The molecule has 3 aromatic rings. The summed E-state index contributed by atoms with van der Waals surface area (Å²) in [5, 5.41) is 3.27. The van der Waals surface area contributed by atoms with E-state index in [4.69, 9.17) is 4.74 Å². The molecule has 0 radical (unpaired) electrons. The van der Waals surface area contributed by atoms with Crippen LogP contribution in [0.5, 0.6) is 5.75 Å². The van der Waals surface area contributed by atoms with Crippen LogP contribution in [0.3, 0.4) is 0 Å². The number of benzene rings is 2. The van der Waals surface area contributed by atoms with E-state index in [1.807, 2.05) is 42.1 Å². The molecule has 118 valence electrons. The van der Waals surface area contributed by atoms with Crippen LogP contribution in [0.4, 0.5) is 10.3 Å². The van der Waals surface area contributed by atoms with E-state index in [0.29, 0.717) is 6.54 Å². The molecule has 1 aromatic heterocycles. The molecule has 1 heterocycles. The van der Waals surface area contributed by atoms with Crippen LogP contribution in [0, 0.1) is 5.82 Å². The fraction of sp³-hybridized carbons (Fsp3) is 0.167. The third-order valence-electron chi connectivity index (χ3n) is 3.74. The summed E-state index contributed by atoms with van der Waals surface area (Å²) in [6, 6.07) is 14.3. The van der Waals surface area contributed by atoms with Gasteiger partial charge in [0.05, 0.1) is 19.0 Å². The molecule has 0 atom stereocenters. The smallest absolute Gasteiger partial charge is 0.203 e. The van der Waals surface area contributed by atoms with Crippen LogP contribution in [-0.4, -0.2) is 16.7 Å². The first-order valence-corrected chi connectivity index (χ1v) is 7.32. The second kappa shape index (κ2) is 6.52. The molecular weight excluding hydrogens is 293 g/mol. The molecule has 4 nitrogen and oxygen atoms in total. The maximum atomic E-state index is 12.9. The van der Waals surface area contributed by atoms with Gasteiger partial charge in [-0.3, -0.25) is 0 Å². The van der Waals surface area contributed by atoms with Gasteiger partial charge in [-0.25, -0.2) is 9.37 Å². The zero-order valence-corrected chi connectivity index (χ0v) is 13.1. The van der Waals surface area contributed by atoms with Crippen molar-refractivity contribution in [1.29, 1.82) is 0 Å². The van der Waals surface area contributed by atoms with Gasteiger partial charge in [-0.05, 0) is 42.0 Å². The van der Waals surface area contributed by atoms with Gasteiger partial charge >= 0.3 is 0 Å². The van der Waals surface area contributed by atoms with Gasteiger partial charge in [0.15, 0.2) is 0 Å². The monoisotopic (exact) mass is 311 g/mol. The zero-order valence-electron chi connectivity index (χ0n) is 13.1. The highest BCUT2D eigenvalue weighted by molar-refractivity contribution is 5.62. The normalized spacial score (nSPS) is 10.6. The van der Waals surface area contributed by atoms with E-state index >= 15 is 0 Å². The highest BCUT2D eigenvalue weighted by atomic mass is 19.1. The van der Waals surface area contributed by atoms with E-state index < -0.39 is 0 Å². The average Bonchev–Trinajstić information content (AvgIpc) is 2.95. The Bertz CT molecular complexity index is 779. The molecule has 2 aromatic carbocycles. The minimum atomic E-state index is -0.229. The summed E-state index contributed by atoms with van der Waals surface area (Å²) in [5.41, 5.74) is 3.07. The quantitative estimate of drug-likeness (QED) is 0.778. The fourth-order valence-electron chi connectivity index (χ4n) is 2.39. The summed E-state index contributed by atoms with van der Waals surface area (Å²) in [7, 11) is 3.61. The number of halogens is 1. The topological polar surface area (TPSA) is 39.1 Å². The lowest BCUT2D eigenvalue weighted by Gasteiger charge is -2.09. The Kier molecular flexibility index (Phi) is 4.28. The summed E-state index contributed by atoms with van der Waals surface area (Å²) in [5.74, 6) is 1.36. The molecule has 0 fully saturated rings. The van der Waals surface area contributed by atoms with E-state index in [1.165, 1.54) is 12.1 Å². The predicted molar refractivity (Wildman–Crippen MR) is 88.9 cm³/mol. The van der Waals surface area contributed by atoms with E-state index in [-0.39, 0.29) is 5.82 Å². The highest BCUT2D eigenvalue weighted by Gasteiger charge is 2.08. The first-order valence-electron chi connectivity index (χ1n) is 7.32. The van der Waals surface area contributed by atoms with Crippen molar-refractivity contribution in [1.82, 2.24) is 9.55 Å². The van der Waals surface area contributed by atoms with Gasteiger partial charge in [-0.15, -0.1) is 0 Å². The molecule has 0 bridgehead atoms. The average molecular weight is 311 g/mol. The lowest BCUT2D eigenvalue weighted by atomic mass is 10.1. The van der Waals surface area contributed by atoms with Crippen molar-refractivity contribution in [3.8, 4) is 17.0 Å². The first-order chi connectivity index (χ1) is 11.2. The van der Waals surface area contributed by atoms with Gasteiger partial charge in [0.2, 0.25) is 5.95 Å². The number of imidazole rings is 1. The Morgan fingerprint density at radius 1 is 1.09 bits per heavy atom. The number of ether oxygens (including phenoxy) is 1. The van der Waals surface area contributed by atoms with E-state index in [0.717, 1.165) is 28.5 Å². The van der Waals surface area contributed by atoms with Gasteiger partial charge in [0, 0.05) is 19.2 Å². The number of rotatable bonds is 5. The summed E-state index contributed by atoms with van der Waals surface area (Å²) >= 11 is 0. The molecule has 0 aliphatic carbocycles. The summed E-state index contributed by atoms with van der Waals surface area (Å²) in [4.78, 5) is 4.41. The third kappa shape index (κ3) is 3.34. The number of hydrogen-bond acceptors (Lipinski definition) is 3. The predicted octanol–water partition coefficient (Wildman–Crippen LogP) is 3.85. The van der Waals surface area contributed by atoms with Crippen molar-refractivity contribution in [2.75, 3.05) is 12.4 Å². The lowest BCUT2D eigenvalue weighted by molar-refractivity contribution is 0.415. The maximum Gasteiger partial charge on any atom is 0.203 e. The largest absolute Gasteiger partial charge is 0.497 e. The van der Waals surface area contributed by atoms with Crippen LogP contribution < -0.4 is 10.1 Å². The summed E-state index contributed by atoms with van der Waals surface area (Å²) in [6.45, 7) is 0.590. The Hall–Kier alpha value is -2.82. The molecule has 0 aliphatic heterocycles. The SMILES string of the molecule is COc1ccc(-c2cnc(NCc3ccc(F)cc3)n2C)cc1. The van der Waals surface area contributed by atoms with Crippen LogP contribution >= 0.6 is 0 Å². The maximum absolute atomic E-state index is 12.9. The van der Waals surface area contributed by atoms with Crippen molar-refractivity contribution < 1.29 is 9.13 Å². The van der Waals surface area contributed by atoms with Crippen molar-refractivity contribution >= 4 is 5.95 Å². The summed E-state index contributed by atoms with van der Waals surface area (Å²) < 4.78 is 20.1. The van der Waals surface area contributed by atoms with E-state index in [1.54, 1.807) is 19.2 Å². The molecule has 1 N–H and O–H groups in total. The molecule has 0 saturated carbocycles. The minimum absolute atomic E-state index is 0.229. The van der Waals surface area contributed by atoms with E-state index in [2.05, 4.69) is 10.3 Å². The van der Waals surface area contributed by atoms with Crippen molar-refractivity contribution in [3.05, 3.63) is 66.1 Å². The number of hydrogen-bond donors (Lipinski definition) is 1. The number of methoxy groups -OCH3 is 1. The second-order valence-corrected chi connectivity index (χ2v) is 5.23. The molecule has 0 unspecified atom stereocenters. The van der Waals surface area contributed by atoms with Gasteiger partial charge < -0.3 is 14.6 Å². The number of nitrogens with one attached hydrogen (secondary N) is 1. The Morgan fingerprint density at radius 2 is 1.78 bits per heavy atom. The number of anilines is 1. The Morgan fingerprint density at radius 3 is 2.43 bits per heavy atom. The molecule has 0 aliphatic rings. The molecule has 0 saturated heterocycles. The molecule has 23 heavy (non-hydrogen) atoms. The van der Waals surface area contributed by atoms with Gasteiger partial charge in [-0.1, -0.05) is 12.1 Å². The Balaban J connectivity index is 1.74. The standard InChI is InChI=1S/C18H18FN3O/c1-22-17(14-5-9-16(23-2)10-6-14)12-21-18(22)20-11-13-3-7-15(19)8-4-13/h3-10,12H,11H2,1-2H3,(H,20,21). The minimum Gasteiger partial charge on any atom is -0.497 e. The second-order valence-electron chi connectivity index (χ2n) is 5.23. The fourth-order valence-corrected chi connectivity index (χ4v) is 2.39. The van der Waals surface area contributed by atoms with Gasteiger partial charge in [-0.2, -0.15) is 0 Å². The van der Waals surface area contributed by atoms with Gasteiger partial charge in [0.1, 0.15) is 11.6 Å². The van der Waals surface area contributed by atoms with Crippen LogP contribution in [0.1, 0.15) is 5.56 Å². The lowest BCUT2D eigenvalue weighted by Crippen LogP contribution is -2.05. The third-order valence-corrected chi connectivity index (χ3v) is 3.74.